The van der Waals surface area contributed by atoms with Crippen LogP contribution in [0.4, 0.5) is 11.8 Å². The molecule has 21 heavy (non-hydrogen) atoms. The topological polar surface area (TPSA) is 87.8 Å². The fourth-order valence-corrected chi connectivity index (χ4v) is 2.72. The highest BCUT2D eigenvalue weighted by Crippen LogP contribution is 2.27. The fourth-order valence-electron chi connectivity index (χ4n) is 2.72. The highest BCUT2D eigenvalue weighted by molar-refractivity contribution is 5.83. The zero-order chi connectivity index (χ0) is 14.9. The molecule has 1 unspecified atom stereocenters. The number of fused-ring (bicyclic) bond motifs is 1. The Hall–Kier alpha value is -1.89. The summed E-state index contributed by atoms with van der Waals surface area (Å²) >= 11 is 0. The number of anilines is 2. The molecule has 0 saturated carbocycles. The van der Waals surface area contributed by atoms with Gasteiger partial charge in [-0.2, -0.15) is 9.97 Å². The summed E-state index contributed by atoms with van der Waals surface area (Å²) in [7, 11) is 0. The second-order valence-electron chi connectivity index (χ2n) is 5.97. The normalized spacial score (nSPS) is 21.4. The number of nitrogens with zero attached hydrogens (tertiary/aromatic N) is 3. The molecule has 2 aromatic heterocycles. The highest BCUT2D eigenvalue weighted by Gasteiger charge is 2.29. The van der Waals surface area contributed by atoms with E-state index in [0.717, 1.165) is 37.3 Å². The van der Waals surface area contributed by atoms with E-state index in [4.69, 9.17) is 4.74 Å². The van der Waals surface area contributed by atoms with E-state index in [1.54, 1.807) is 6.33 Å². The van der Waals surface area contributed by atoms with Crippen LogP contribution in [0.25, 0.3) is 11.2 Å². The van der Waals surface area contributed by atoms with Crippen molar-refractivity contribution in [1.29, 1.82) is 0 Å². The van der Waals surface area contributed by atoms with E-state index in [1.807, 2.05) is 6.92 Å². The van der Waals surface area contributed by atoms with Crippen LogP contribution in [0.2, 0.25) is 0 Å². The number of imidazole rings is 1. The van der Waals surface area contributed by atoms with E-state index < -0.39 is 0 Å². The molecule has 0 amide bonds. The average molecular weight is 290 g/mol. The van der Waals surface area contributed by atoms with Crippen LogP contribution in [-0.2, 0) is 4.74 Å². The molecule has 0 spiro atoms. The minimum Gasteiger partial charge on any atom is -0.375 e. The summed E-state index contributed by atoms with van der Waals surface area (Å²) in [5, 5.41) is 6.66. The van der Waals surface area contributed by atoms with Gasteiger partial charge in [0.25, 0.3) is 0 Å². The molecule has 1 saturated heterocycles. The lowest BCUT2D eigenvalue weighted by atomic mass is 9.94. The van der Waals surface area contributed by atoms with Gasteiger partial charge in [-0.15, -0.1) is 0 Å². The van der Waals surface area contributed by atoms with E-state index in [1.165, 1.54) is 0 Å². The molecular weight excluding hydrogens is 268 g/mol. The van der Waals surface area contributed by atoms with Crippen molar-refractivity contribution >= 4 is 22.9 Å². The summed E-state index contributed by atoms with van der Waals surface area (Å²) < 4.78 is 5.76. The Morgan fingerprint density at radius 3 is 3.05 bits per heavy atom. The zero-order valence-electron chi connectivity index (χ0n) is 12.7. The van der Waals surface area contributed by atoms with Crippen LogP contribution in [0.1, 0.15) is 33.6 Å². The van der Waals surface area contributed by atoms with Gasteiger partial charge in [0.05, 0.1) is 11.9 Å². The molecule has 7 heteroatoms. The SMILES string of the molecule is CCNc1nc(NC2CCOC(C)(C)C2)c2[nH]cnc2n1. The average Bonchev–Trinajstić information content (AvgIpc) is 2.86. The minimum atomic E-state index is -0.0967. The van der Waals surface area contributed by atoms with Gasteiger partial charge in [0.15, 0.2) is 11.5 Å². The summed E-state index contributed by atoms with van der Waals surface area (Å²) in [4.78, 5) is 16.3. The number of hydrogen-bond donors (Lipinski definition) is 3. The van der Waals surface area contributed by atoms with Gasteiger partial charge in [0.2, 0.25) is 5.95 Å². The van der Waals surface area contributed by atoms with Gasteiger partial charge in [0, 0.05) is 19.2 Å². The van der Waals surface area contributed by atoms with Gasteiger partial charge in [-0.1, -0.05) is 0 Å². The molecule has 3 heterocycles. The number of hydrogen-bond acceptors (Lipinski definition) is 6. The van der Waals surface area contributed by atoms with Crippen molar-refractivity contribution in [1.82, 2.24) is 19.9 Å². The number of rotatable bonds is 4. The molecule has 3 rings (SSSR count). The van der Waals surface area contributed by atoms with Gasteiger partial charge >= 0.3 is 0 Å². The first kappa shape index (κ1) is 14.1. The lowest BCUT2D eigenvalue weighted by Crippen LogP contribution is -2.40. The monoisotopic (exact) mass is 290 g/mol. The van der Waals surface area contributed by atoms with E-state index in [-0.39, 0.29) is 5.60 Å². The van der Waals surface area contributed by atoms with Gasteiger partial charge < -0.3 is 20.4 Å². The summed E-state index contributed by atoms with van der Waals surface area (Å²) in [5.41, 5.74) is 1.43. The number of aromatic amines is 1. The predicted molar refractivity (Wildman–Crippen MR) is 82.5 cm³/mol. The van der Waals surface area contributed by atoms with Crippen molar-refractivity contribution in [3.05, 3.63) is 6.33 Å². The van der Waals surface area contributed by atoms with Crippen LogP contribution in [-0.4, -0.2) is 44.7 Å². The van der Waals surface area contributed by atoms with Crippen molar-refractivity contribution in [2.75, 3.05) is 23.8 Å². The molecule has 7 nitrogen and oxygen atoms in total. The Morgan fingerprint density at radius 1 is 1.43 bits per heavy atom. The third-order valence-electron chi connectivity index (χ3n) is 3.66. The first-order valence-corrected chi connectivity index (χ1v) is 7.43. The fraction of sp³-hybridized carbons (Fsp3) is 0.643. The van der Waals surface area contributed by atoms with Gasteiger partial charge in [-0.3, -0.25) is 0 Å². The van der Waals surface area contributed by atoms with Crippen molar-refractivity contribution in [2.45, 2.75) is 45.3 Å². The molecule has 1 aliphatic heterocycles. The molecule has 0 aromatic carbocycles. The van der Waals surface area contributed by atoms with Crippen molar-refractivity contribution in [3.8, 4) is 0 Å². The van der Waals surface area contributed by atoms with Crippen LogP contribution < -0.4 is 10.6 Å². The first-order valence-electron chi connectivity index (χ1n) is 7.43. The molecule has 0 aliphatic carbocycles. The third kappa shape index (κ3) is 3.07. The lowest BCUT2D eigenvalue weighted by Gasteiger charge is -2.36. The third-order valence-corrected chi connectivity index (χ3v) is 3.66. The van der Waals surface area contributed by atoms with Crippen molar-refractivity contribution < 1.29 is 4.74 Å². The van der Waals surface area contributed by atoms with Crippen molar-refractivity contribution in [2.24, 2.45) is 0 Å². The van der Waals surface area contributed by atoms with Crippen LogP contribution in [0.5, 0.6) is 0 Å². The molecule has 114 valence electrons. The Kier molecular flexibility index (Phi) is 3.67. The van der Waals surface area contributed by atoms with E-state index in [2.05, 4.69) is 44.4 Å². The summed E-state index contributed by atoms with van der Waals surface area (Å²) in [6.07, 6.45) is 3.57. The van der Waals surface area contributed by atoms with E-state index in [0.29, 0.717) is 17.6 Å². The molecule has 0 bridgehead atoms. The molecule has 2 aromatic rings. The number of ether oxygens (including phenoxy) is 1. The molecular formula is C14H22N6O. The smallest absolute Gasteiger partial charge is 0.226 e. The molecule has 1 atom stereocenters. The predicted octanol–water partition coefficient (Wildman–Crippen LogP) is 2.15. The van der Waals surface area contributed by atoms with Crippen LogP contribution in [0.3, 0.4) is 0 Å². The zero-order valence-corrected chi connectivity index (χ0v) is 12.7. The Bertz CT molecular complexity index is 623. The lowest BCUT2D eigenvalue weighted by molar-refractivity contribution is -0.0553. The van der Waals surface area contributed by atoms with Gasteiger partial charge in [-0.25, -0.2) is 4.98 Å². The highest BCUT2D eigenvalue weighted by atomic mass is 16.5. The summed E-state index contributed by atoms with van der Waals surface area (Å²) in [6.45, 7) is 7.81. The summed E-state index contributed by atoms with van der Waals surface area (Å²) in [5.74, 6) is 1.40. The maximum Gasteiger partial charge on any atom is 0.226 e. The van der Waals surface area contributed by atoms with E-state index in [9.17, 15) is 0 Å². The molecule has 3 N–H and O–H groups in total. The maximum absolute atomic E-state index is 5.76. The van der Waals surface area contributed by atoms with Crippen LogP contribution in [0.15, 0.2) is 6.33 Å². The Labute approximate surface area is 123 Å². The molecule has 1 aliphatic rings. The Balaban J connectivity index is 1.86. The number of H-pyrrole nitrogens is 1. The number of aromatic nitrogens is 4. The second-order valence-corrected chi connectivity index (χ2v) is 5.97. The summed E-state index contributed by atoms with van der Waals surface area (Å²) in [6, 6.07) is 0.338. The van der Waals surface area contributed by atoms with E-state index >= 15 is 0 Å². The quantitative estimate of drug-likeness (QED) is 0.799. The van der Waals surface area contributed by atoms with Crippen LogP contribution in [0, 0.1) is 0 Å². The number of nitrogens with one attached hydrogen (secondary N) is 3. The largest absolute Gasteiger partial charge is 0.375 e. The first-order chi connectivity index (χ1) is 10.1. The standard InChI is InChI=1S/C14H22N6O/c1-4-15-13-19-11-10(16-8-17-11)12(20-13)18-9-5-6-21-14(2,3)7-9/h8-9H,4-7H2,1-3H3,(H3,15,16,17,18,19,20). The molecule has 1 fully saturated rings. The van der Waals surface area contributed by atoms with Crippen LogP contribution >= 0.6 is 0 Å². The second kappa shape index (κ2) is 5.48. The van der Waals surface area contributed by atoms with Crippen molar-refractivity contribution in [3.63, 3.8) is 0 Å². The van der Waals surface area contributed by atoms with Gasteiger partial charge in [0.1, 0.15) is 5.52 Å². The molecule has 0 radical (unpaired) electrons. The van der Waals surface area contributed by atoms with Gasteiger partial charge in [-0.05, 0) is 33.6 Å². The minimum absolute atomic E-state index is 0.0967. The Morgan fingerprint density at radius 2 is 2.29 bits per heavy atom. The maximum atomic E-state index is 5.76.